The molecule has 0 aliphatic carbocycles. The number of benzene rings is 1. The average Bonchev–Trinajstić information content (AvgIpc) is 1.85. The first-order valence-corrected chi connectivity index (χ1v) is 4.23. The summed E-state index contributed by atoms with van der Waals surface area (Å²) >= 11 is 0. The summed E-state index contributed by atoms with van der Waals surface area (Å²) in [6, 6.07) is 8.71. The van der Waals surface area contributed by atoms with Gasteiger partial charge in [-0.2, -0.15) is 8.42 Å². The maximum atomic E-state index is 8.74. The van der Waals surface area contributed by atoms with Gasteiger partial charge in [-0.25, -0.2) is 0 Å². The summed E-state index contributed by atoms with van der Waals surface area (Å²) < 4.78 is 31.6. The molecule has 0 aliphatic heterocycles. The molecule has 0 heterocycles. The number of hydrogen-bond donors (Lipinski definition) is 3. The van der Waals surface area contributed by atoms with Crippen LogP contribution in [0.4, 0.5) is 0 Å². The van der Waals surface area contributed by atoms with Crippen LogP contribution in [-0.4, -0.2) is 74.0 Å². The third kappa shape index (κ3) is 19.1. The van der Waals surface area contributed by atoms with Gasteiger partial charge in [-0.05, 0) is 12.1 Å². The fourth-order valence-corrected chi connectivity index (χ4v) is 0.428. The average molecular weight is 232 g/mol. The molecule has 0 unspecified atom stereocenters. The van der Waals surface area contributed by atoms with E-state index in [0.717, 1.165) is 0 Å². The molecule has 0 saturated carbocycles. The zero-order chi connectivity index (χ0) is 9.61. The quantitative estimate of drug-likeness (QED) is 0.435. The van der Waals surface area contributed by atoms with E-state index >= 15 is 0 Å². The molecule has 0 spiro atoms. The molecular weight excluding hydrogens is 223 g/mol. The number of phenols is 1. The molecule has 0 fully saturated rings. The minimum absolute atomic E-state index is 0. The summed E-state index contributed by atoms with van der Waals surface area (Å²) in [4.78, 5) is 0. The van der Waals surface area contributed by atoms with Crippen LogP contribution >= 0.6 is 0 Å². The van der Waals surface area contributed by atoms with Crippen LogP contribution in [0.2, 0.25) is 0 Å². The van der Waals surface area contributed by atoms with E-state index in [1.807, 2.05) is 6.07 Å². The standard InChI is InChI=1S/C6H6O.K.H2O4S.H/c7-6-4-2-1-3-5-6;;1-5(2,3)4;/h1-5,7H;;(H2,1,2,3,4);. The Bertz CT molecular complexity index is 301. The van der Waals surface area contributed by atoms with Crippen LogP contribution in [0.15, 0.2) is 30.3 Å². The predicted octanol–water partition coefficient (Wildman–Crippen LogP) is 0.0909. The number of aromatic hydroxyl groups is 1. The monoisotopic (exact) mass is 232 g/mol. The van der Waals surface area contributed by atoms with Crippen molar-refractivity contribution in [3.05, 3.63) is 30.3 Å². The van der Waals surface area contributed by atoms with Gasteiger partial charge in [0.05, 0.1) is 0 Å². The van der Waals surface area contributed by atoms with Crippen molar-refractivity contribution in [1.82, 2.24) is 0 Å². The van der Waals surface area contributed by atoms with Crippen molar-refractivity contribution in [1.29, 1.82) is 0 Å². The summed E-state index contributed by atoms with van der Waals surface area (Å²) in [7, 11) is -4.67. The molecule has 0 aliphatic rings. The maximum absolute atomic E-state index is 8.74. The van der Waals surface area contributed by atoms with Crippen LogP contribution in [0.3, 0.4) is 0 Å². The van der Waals surface area contributed by atoms with E-state index in [1.165, 1.54) is 0 Å². The first-order valence-electron chi connectivity index (χ1n) is 2.83. The van der Waals surface area contributed by atoms with E-state index < -0.39 is 10.4 Å². The molecule has 0 aromatic heterocycles. The first-order chi connectivity index (χ1) is 5.39. The van der Waals surface area contributed by atoms with E-state index in [-0.39, 0.29) is 51.4 Å². The van der Waals surface area contributed by atoms with Gasteiger partial charge in [-0.1, -0.05) is 18.2 Å². The zero-order valence-corrected chi connectivity index (χ0v) is 6.77. The van der Waals surface area contributed by atoms with Crippen LogP contribution in [0, 0.1) is 0 Å². The normalized spacial score (nSPS) is 9.08. The first kappa shape index (κ1) is 16.0. The van der Waals surface area contributed by atoms with Crippen molar-refractivity contribution in [2.24, 2.45) is 0 Å². The molecule has 0 saturated heterocycles. The SMILES string of the molecule is O=S(=O)(O)O.Oc1ccccc1.[KH]. The van der Waals surface area contributed by atoms with E-state index in [4.69, 9.17) is 22.6 Å². The Morgan fingerprint density at radius 1 is 1.00 bits per heavy atom. The third-order valence-electron chi connectivity index (χ3n) is 0.756. The Morgan fingerprint density at radius 3 is 1.46 bits per heavy atom. The molecule has 13 heavy (non-hydrogen) atoms. The Balaban J connectivity index is 0. The molecule has 0 atom stereocenters. The van der Waals surface area contributed by atoms with Crippen molar-refractivity contribution >= 4 is 61.8 Å². The van der Waals surface area contributed by atoms with Gasteiger partial charge in [0, 0.05) is 0 Å². The molecule has 1 aromatic carbocycles. The second-order valence-corrected chi connectivity index (χ2v) is 2.68. The third-order valence-corrected chi connectivity index (χ3v) is 0.756. The predicted molar refractivity (Wildman–Crippen MR) is 49.4 cm³/mol. The molecule has 3 N–H and O–H groups in total. The molecule has 0 radical (unpaired) electrons. The minimum atomic E-state index is -4.67. The van der Waals surface area contributed by atoms with E-state index in [0.29, 0.717) is 5.75 Å². The van der Waals surface area contributed by atoms with Gasteiger partial charge in [-0.3, -0.25) is 9.11 Å². The van der Waals surface area contributed by atoms with Gasteiger partial charge < -0.3 is 5.11 Å². The second-order valence-electron chi connectivity index (χ2n) is 1.78. The number of para-hydroxylation sites is 1. The summed E-state index contributed by atoms with van der Waals surface area (Å²) in [6.45, 7) is 0. The summed E-state index contributed by atoms with van der Waals surface area (Å²) in [5, 5.41) is 8.63. The summed E-state index contributed by atoms with van der Waals surface area (Å²) in [5.41, 5.74) is 0. The summed E-state index contributed by atoms with van der Waals surface area (Å²) in [5.74, 6) is 0.322. The zero-order valence-electron chi connectivity index (χ0n) is 5.95. The van der Waals surface area contributed by atoms with Gasteiger partial charge in [0.1, 0.15) is 5.75 Å². The molecule has 0 amide bonds. The number of hydrogen-bond acceptors (Lipinski definition) is 3. The molecule has 0 bridgehead atoms. The van der Waals surface area contributed by atoms with Crippen LogP contribution in [0.5, 0.6) is 5.75 Å². The Kier molecular flexibility index (Phi) is 9.69. The van der Waals surface area contributed by atoms with Crippen molar-refractivity contribution in [2.75, 3.05) is 0 Å². The van der Waals surface area contributed by atoms with Crippen LogP contribution in [-0.2, 0) is 10.4 Å². The van der Waals surface area contributed by atoms with Crippen LogP contribution < -0.4 is 0 Å². The van der Waals surface area contributed by atoms with Gasteiger partial charge in [0.25, 0.3) is 0 Å². The van der Waals surface area contributed by atoms with E-state index in [2.05, 4.69) is 0 Å². The fourth-order valence-electron chi connectivity index (χ4n) is 0.428. The molecule has 1 aromatic rings. The topological polar surface area (TPSA) is 94.8 Å². The van der Waals surface area contributed by atoms with Gasteiger partial charge in [0.15, 0.2) is 0 Å². The molecule has 7 heteroatoms. The Morgan fingerprint density at radius 2 is 1.31 bits per heavy atom. The van der Waals surface area contributed by atoms with Gasteiger partial charge >= 0.3 is 61.8 Å². The van der Waals surface area contributed by atoms with Gasteiger partial charge in [0.2, 0.25) is 0 Å². The molecule has 70 valence electrons. The molecule has 1 rings (SSSR count). The molecular formula is C6H9KO5S. The second kappa shape index (κ2) is 7.89. The summed E-state index contributed by atoms with van der Waals surface area (Å²) in [6.07, 6.45) is 0. The van der Waals surface area contributed by atoms with E-state index in [9.17, 15) is 0 Å². The Hall–Kier alpha value is 0.526. The van der Waals surface area contributed by atoms with Crippen molar-refractivity contribution in [3.8, 4) is 5.75 Å². The fraction of sp³-hybridized carbons (Fsp3) is 0. The van der Waals surface area contributed by atoms with Crippen molar-refractivity contribution < 1.29 is 22.6 Å². The van der Waals surface area contributed by atoms with Crippen LogP contribution in [0.1, 0.15) is 0 Å². The van der Waals surface area contributed by atoms with Crippen molar-refractivity contribution in [3.63, 3.8) is 0 Å². The Labute approximate surface area is 119 Å². The number of rotatable bonds is 0. The van der Waals surface area contributed by atoms with Crippen molar-refractivity contribution in [2.45, 2.75) is 0 Å². The van der Waals surface area contributed by atoms with Gasteiger partial charge in [-0.15, -0.1) is 0 Å². The van der Waals surface area contributed by atoms with E-state index in [1.54, 1.807) is 24.3 Å². The number of phenolic OH excluding ortho intramolecular Hbond substituents is 1. The van der Waals surface area contributed by atoms with Crippen LogP contribution in [0.25, 0.3) is 0 Å². The molecule has 5 nitrogen and oxygen atoms in total.